The van der Waals surface area contributed by atoms with Crippen LogP contribution >= 0.6 is 22.7 Å². The first-order chi connectivity index (χ1) is 28.9. The fourth-order valence-corrected chi connectivity index (χ4v) is 5.66. The van der Waals surface area contributed by atoms with Gasteiger partial charge in [0.25, 0.3) is 0 Å². The molecule has 5 aliphatic carbocycles. The highest BCUT2D eigenvalue weighted by Crippen LogP contribution is 2.18. The molecule has 0 unspecified atom stereocenters. The molecule has 5 heteroatoms. The van der Waals surface area contributed by atoms with Crippen LogP contribution < -0.4 is 0 Å². The average Bonchev–Trinajstić information content (AvgIpc) is 4.15. The fourth-order valence-electron chi connectivity index (χ4n) is 4.75. The van der Waals surface area contributed by atoms with Crippen molar-refractivity contribution in [2.45, 2.75) is 32.1 Å². The van der Waals surface area contributed by atoms with E-state index in [1.54, 1.807) is 47.7 Å². The van der Waals surface area contributed by atoms with Gasteiger partial charge in [0.2, 0.25) is 0 Å². The molecule has 0 saturated heterocycles. The van der Waals surface area contributed by atoms with Crippen molar-refractivity contribution in [3.05, 3.63) is 275 Å². The van der Waals surface area contributed by atoms with Crippen LogP contribution in [0.25, 0.3) is 12.2 Å². The van der Waals surface area contributed by atoms with E-state index in [0.717, 1.165) is 32.1 Å². The van der Waals surface area contributed by atoms with Gasteiger partial charge in [-0.3, -0.25) is 0 Å². The predicted molar refractivity (Wildman–Crippen MR) is 254 cm³/mol. The molecular formula is C53H55NO2S2. The molecule has 0 aliphatic heterocycles. The second-order valence-corrected chi connectivity index (χ2v) is 13.6. The molecule has 0 atom stereocenters. The summed E-state index contributed by atoms with van der Waals surface area (Å²) >= 11 is 3.43. The van der Waals surface area contributed by atoms with Crippen LogP contribution in [0.3, 0.4) is 0 Å². The van der Waals surface area contributed by atoms with E-state index < -0.39 is 0 Å². The summed E-state index contributed by atoms with van der Waals surface area (Å²) in [5.41, 5.74) is 5.69. The molecule has 0 amide bonds. The first-order valence-electron chi connectivity index (χ1n) is 19.3. The maximum absolute atomic E-state index is 4.58. The molecule has 1 N–H and O–H groups in total. The zero-order valence-electron chi connectivity index (χ0n) is 33.1. The van der Waals surface area contributed by atoms with E-state index in [2.05, 4.69) is 160 Å². The summed E-state index contributed by atoms with van der Waals surface area (Å²) in [7, 11) is 0. The Morgan fingerprint density at radius 2 is 0.707 bits per heavy atom. The zero-order valence-corrected chi connectivity index (χ0v) is 34.7. The van der Waals surface area contributed by atoms with Gasteiger partial charge in [-0.25, -0.2) is 0 Å². The summed E-state index contributed by atoms with van der Waals surface area (Å²) < 4.78 is 9.17. The van der Waals surface area contributed by atoms with Gasteiger partial charge in [-0.15, -0.1) is 0 Å². The summed E-state index contributed by atoms with van der Waals surface area (Å²) in [6.07, 6.45) is 49.7. The Balaban J connectivity index is 0.000000174. The predicted octanol–water partition coefficient (Wildman–Crippen LogP) is 16.1. The first-order valence-corrected chi connectivity index (χ1v) is 21.2. The minimum Gasteiger partial charge on any atom is -0.473 e. The molecular weight excluding hydrogens is 747 g/mol. The quantitative estimate of drug-likeness (QED) is 0.166. The standard InChI is InChI=1S/2C9H8.3C5H6.C4H5N.2C4H4O.2C4H4S/c2*1-2-5-9-7-3-6-8(9)4-1;8*1-2-4-5-3-1/h2*1-6H,7H2;3*1-4H,5H2;1-5H;4*1-4H. The maximum Gasteiger partial charge on any atom is 0.0902 e. The van der Waals surface area contributed by atoms with Crippen molar-refractivity contribution in [2.75, 3.05) is 0 Å². The Bertz CT molecular complexity index is 1710. The summed E-state index contributed by atoms with van der Waals surface area (Å²) in [5.74, 6) is 0. The van der Waals surface area contributed by atoms with Crippen LogP contribution in [0, 0.1) is 0 Å². The molecule has 5 aliphatic rings. The van der Waals surface area contributed by atoms with Gasteiger partial charge in [-0.2, -0.15) is 22.7 Å². The number of nitrogens with one attached hydrogen (secondary N) is 1. The van der Waals surface area contributed by atoms with Gasteiger partial charge in [-0.1, -0.05) is 170 Å². The number of hydrogen-bond acceptors (Lipinski definition) is 4. The monoisotopic (exact) mass is 801 g/mol. The van der Waals surface area contributed by atoms with Crippen LogP contribution in [0.2, 0.25) is 0 Å². The average molecular weight is 802 g/mol. The van der Waals surface area contributed by atoms with E-state index in [-0.39, 0.29) is 0 Å². The van der Waals surface area contributed by atoms with E-state index >= 15 is 0 Å². The molecule has 0 bridgehead atoms. The van der Waals surface area contributed by atoms with Crippen LogP contribution in [0.15, 0.2) is 262 Å². The summed E-state index contributed by atoms with van der Waals surface area (Å²) in [4.78, 5) is 2.86. The Hall–Kier alpha value is -6.40. The Morgan fingerprint density at radius 3 is 0.914 bits per heavy atom. The van der Waals surface area contributed by atoms with Gasteiger partial charge in [-0.05, 0) is 112 Å². The van der Waals surface area contributed by atoms with Crippen molar-refractivity contribution < 1.29 is 8.83 Å². The summed E-state index contributed by atoms with van der Waals surface area (Å²) in [6, 6.07) is 36.3. The summed E-state index contributed by atoms with van der Waals surface area (Å²) in [6.45, 7) is 0. The lowest BCUT2D eigenvalue weighted by molar-refractivity contribution is 0.567. The van der Waals surface area contributed by atoms with Crippen LogP contribution in [0.4, 0.5) is 0 Å². The maximum atomic E-state index is 4.58. The van der Waals surface area contributed by atoms with Gasteiger partial charge in [0.1, 0.15) is 0 Å². The smallest absolute Gasteiger partial charge is 0.0902 e. The lowest BCUT2D eigenvalue weighted by atomic mass is 10.1. The third kappa shape index (κ3) is 25.6. The van der Waals surface area contributed by atoms with Gasteiger partial charge in [0, 0.05) is 12.4 Å². The molecule has 0 spiro atoms. The van der Waals surface area contributed by atoms with Crippen molar-refractivity contribution >= 4 is 34.8 Å². The van der Waals surface area contributed by atoms with E-state index in [0.29, 0.717) is 0 Å². The van der Waals surface area contributed by atoms with Crippen LogP contribution in [-0.2, 0) is 12.8 Å². The lowest BCUT2D eigenvalue weighted by Crippen LogP contribution is -1.76. The van der Waals surface area contributed by atoms with Gasteiger partial charge in [0.05, 0.1) is 25.1 Å². The number of aromatic amines is 1. The normalized spacial score (nSPS) is 12.3. The van der Waals surface area contributed by atoms with E-state index in [9.17, 15) is 0 Å². The molecule has 7 aromatic rings. The van der Waals surface area contributed by atoms with E-state index in [1.807, 2.05) is 94.6 Å². The zero-order chi connectivity index (χ0) is 40.5. The van der Waals surface area contributed by atoms with Crippen LogP contribution in [0.1, 0.15) is 41.5 Å². The molecule has 5 heterocycles. The number of furan rings is 2. The van der Waals surface area contributed by atoms with Crippen LogP contribution in [-0.4, -0.2) is 4.98 Å². The highest BCUT2D eigenvalue weighted by Gasteiger charge is 2.01. The molecule has 296 valence electrons. The molecule has 0 radical (unpaired) electrons. The fraction of sp³-hybridized carbons (Fsp3) is 0.0943. The van der Waals surface area contributed by atoms with Gasteiger partial charge >= 0.3 is 0 Å². The topological polar surface area (TPSA) is 42.1 Å². The molecule has 5 aromatic heterocycles. The number of aromatic nitrogens is 1. The van der Waals surface area contributed by atoms with Crippen LogP contribution in [0.5, 0.6) is 0 Å². The first kappa shape index (κ1) is 46.0. The third-order valence-corrected chi connectivity index (χ3v) is 8.80. The molecule has 12 rings (SSSR count). The van der Waals surface area contributed by atoms with Crippen molar-refractivity contribution in [1.29, 1.82) is 0 Å². The molecule has 0 fully saturated rings. The van der Waals surface area contributed by atoms with Crippen molar-refractivity contribution in [2.24, 2.45) is 0 Å². The molecule has 2 aromatic carbocycles. The van der Waals surface area contributed by atoms with Crippen molar-refractivity contribution in [1.82, 2.24) is 4.98 Å². The van der Waals surface area contributed by atoms with Crippen molar-refractivity contribution in [3.63, 3.8) is 0 Å². The van der Waals surface area contributed by atoms with Gasteiger partial charge in [0.15, 0.2) is 0 Å². The molecule has 58 heavy (non-hydrogen) atoms. The number of benzene rings is 2. The third-order valence-electron chi connectivity index (χ3n) is 7.54. The Kier molecular flexibility index (Phi) is 27.8. The lowest BCUT2D eigenvalue weighted by Gasteiger charge is -1.93. The minimum absolute atomic E-state index is 1.12. The SMILES string of the molecule is C1=CCC=C1.C1=CCC=C1.C1=CCC=C1.C1=Cc2ccccc2C1.C1=Cc2ccccc2C1.c1cc[nH]c1.c1ccoc1.c1ccoc1.c1ccsc1.c1ccsc1. The largest absolute Gasteiger partial charge is 0.473 e. The number of H-pyrrole nitrogens is 1. The number of fused-ring (bicyclic) bond motifs is 2. The molecule has 3 nitrogen and oxygen atoms in total. The number of hydrogen-bond donors (Lipinski definition) is 1. The Morgan fingerprint density at radius 1 is 0.362 bits per heavy atom. The van der Waals surface area contributed by atoms with E-state index in [4.69, 9.17) is 0 Å². The highest BCUT2D eigenvalue weighted by molar-refractivity contribution is 7.08. The second-order valence-electron chi connectivity index (χ2n) is 11.9. The second kappa shape index (κ2) is 35.0. The van der Waals surface area contributed by atoms with Gasteiger partial charge < -0.3 is 13.8 Å². The number of thiophene rings is 2. The van der Waals surface area contributed by atoms with Crippen molar-refractivity contribution in [3.8, 4) is 0 Å². The number of rotatable bonds is 0. The van der Waals surface area contributed by atoms with E-state index in [1.165, 1.54) is 22.3 Å². The Labute approximate surface area is 354 Å². The number of allylic oxidation sites excluding steroid dienone is 14. The molecule has 0 saturated carbocycles. The summed E-state index contributed by atoms with van der Waals surface area (Å²) in [5, 5.41) is 8.17. The minimum atomic E-state index is 1.12. The highest BCUT2D eigenvalue weighted by atomic mass is 32.1.